The number of aromatic hydroxyl groups is 1. The molecule has 3 aromatic carbocycles. The van der Waals surface area contributed by atoms with Gasteiger partial charge in [-0.1, -0.05) is 24.3 Å². The van der Waals surface area contributed by atoms with Gasteiger partial charge in [0.15, 0.2) is 0 Å². The minimum Gasteiger partial charge on any atom is -0.506 e. The average molecular weight is 450 g/mol. The SMILES string of the molecule is COc1c(C)cc(NS(C)(=O)=O)c(-c2c(O)c(Br)cc3ccccc23)c1C. The lowest BCUT2D eigenvalue weighted by Crippen LogP contribution is -2.12. The van der Waals surface area contributed by atoms with Gasteiger partial charge in [-0.3, -0.25) is 4.72 Å². The number of nitrogens with one attached hydrogen (secondary N) is 1. The largest absolute Gasteiger partial charge is 0.506 e. The van der Waals surface area contributed by atoms with E-state index in [1.807, 2.05) is 44.2 Å². The summed E-state index contributed by atoms with van der Waals surface area (Å²) < 4.78 is 32.6. The molecule has 142 valence electrons. The Kier molecular flexibility index (Phi) is 5.10. The monoisotopic (exact) mass is 449 g/mol. The number of methoxy groups -OCH3 is 1. The molecular weight excluding hydrogens is 430 g/mol. The molecule has 0 radical (unpaired) electrons. The van der Waals surface area contributed by atoms with Crippen LogP contribution in [0.1, 0.15) is 11.1 Å². The number of halogens is 1. The van der Waals surface area contributed by atoms with Crippen LogP contribution in [0.15, 0.2) is 40.9 Å². The quantitative estimate of drug-likeness (QED) is 0.589. The molecule has 0 unspecified atom stereocenters. The van der Waals surface area contributed by atoms with Crippen molar-refractivity contribution < 1.29 is 18.3 Å². The van der Waals surface area contributed by atoms with E-state index < -0.39 is 10.0 Å². The van der Waals surface area contributed by atoms with Crippen molar-refractivity contribution in [3.05, 3.63) is 52.0 Å². The summed E-state index contributed by atoms with van der Waals surface area (Å²) in [4.78, 5) is 0. The molecule has 2 N–H and O–H groups in total. The minimum absolute atomic E-state index is 0.0410. The summed E-state index contributed by atoms with van der Waals surface area (Å²) in [6, 6.07) is 11.2. The molecule has 0 spiro atoms. The molecule has 7 heteroatoms. The number of rotatable bonds is 4. The molecule has 0 aromatic heterocycles. The number of benzene rings is 3. The highest BCUT2D eigenvalue weighted by Crippen LogP contribution is 2.48. The number of phenols is 1. The maximum atomic E-state index is 12.0. The molecule has 3 aromatic rings. The molecule has 0 amide bonds. The lowest BCUT2D eigenvalue weighted by Gasteiger charge is -2.21. The third-order valence-corrected chi connectivity index (χ3v) is 5.62. The molecule has 0 aliphatic carbocycles. The number of sulfonamides is 1. The molecule has 0 saturated heterocycles. The minimum atomic E-state index is -3.52. The Balaban J connectivity index is 2.51. The molecule has 0 aliphatic rings. The molecule has 0 aliphatic heterocycles. The topological polar surface area (TPSA) is 75.6 Å². The second-order valence-corrected chi connectivity index (χ2v) is 9.05. The van der Waals surface area contributed by atoms with Gasteiger partial charge in [-0.15, -0.1) is 0 Å². The van der Waals surface area contributed by atoms with E-state index in [1.54, 1.807) is 13.2 Å². The highest BCUT2D eigenvalue weighted by Gasteiger charge is 2.23. The van der Waals surface area contributed by atoms with Crippen LogP contribution in [0.3, 0.4) is 0 Å². The summed E-state index contributed by atoms with van der Waals surface area (Å²) in [5.41, 5.74) is 3.05. The van der Waals surface area contributed by atoms with Gasteiger partial charge >= 0.3 is 0 Å². The zero-order valence-electron chi connectivity index (χ0n) is 15.4. The van der Waals surface area contributed by atoms with Gasteiger partial charge in [0.2, 0.25) is 10.0 Å². The van der Waals surface area contributed by atoms with E-state index in [4.69, 9.17) is 4.74 Å². The Morgan fingerprint density at radius 1 is 1.11 bits per heavy atom. The summed E-state index contributed by atoms with van der Waals surface area (Å²) in [5.74, 6) is 0.687. The Bertz CT molecular complexity index is 1160. The smallest absolute Gasteiger partial charge is 0.229 e. The van der Waals surface area contributed by atoms with E-state index in [-0.39, 0.29) is 5.75 Å². The van der Waals surface area contributed by atoms with Crippen molar-refractivity contribution in [2.24, 2.45) is 0 Å². The van der Waals surface area contributed by atoms with Gasteiger partial charge in [-0.05, 0) is 58.2 Å². The van der Waals surface area contributed by atoms with Crippen LogP contribution in [0.4, 0.5) is 5.69 Å². The van der Waals surface area contributed by atoms with Gasteiger partial charge < -0.3 is 9.84 Å². The number of phenolic OH excluding ortho intramolecular Hbond substituents is 1. The first-order valence-electron chi connectivity index (χ1n) is 8.20. The van der Waals surface area contributed by atoms with Crippen molar-refractivity contribution in [3.8, 4) is 22.6 Å². The lowest BCUT2D eigenvalue weighted by molar-refractivity contribution is 0.409. The normalized spacial score (nSPS) is 11.6. The van der Waals surface area contributed by atoms with E-state index in [2.05, 4.69) is 20.7 Å². The number of hydrogen-bond acceptors (Lipinski definition) is 4. The van der Waals surface area contributed by atoms with Crippen molar-refractivity contribution in [1.29, 1.82) is 0 Å². The van der Waals surface area contributed by atoms with E-state index >= 15 is 0 Å². The fourth-order valence-electron chi connectivity index (χ4n) is 3.44. The van der Waals surface area contributed by atoms with Gasteiger partial charge in [-0.2, -0.15) is 0 Å². The van der Waals surface area contributed by atoms with Gasteiger partial charge in [0.05, 0.1) is 23.5 Å². The fraction of sp³-hybridized carbons (Fsp3) is 0.200. The average Bonchev–Trinajstić information content (AvgIpc) is 2.56. The van der Waals surface area contributed by atoms with Crippen molar-refractivity contribution in [3.63, 3.8) is 0 Å². The van der Waals surface area contributed by atoms with E-state index in [0.29, 0.717) is 27.0 Å². The maximum absolute atomic E-state index is 12.0. The van der Waals surface area contributed by atoms with Crippen LogP contribution in [-0.2, 0) is 10.0 Å². The van der Waals surface area contributed by atoms with Crippen LogP contribution < -0.4 is 9.46 Å². The maximum Gasteiger partial charge on any atom is 0.229 e. The molecule has 0 heterocycles. The number of aryl methyl sites for hydroxylation is 1. The second kappa shape index (κ2) is 7.05. The number of fused-ring (bicyclic) bond motifs is 1. The molecule has 3 rings (SSSR count). The van der Waals surface area contributed by atoms with Crippen LogP contribution >= 0.6 is 15.9 Å². The summed E-state index contributed by atoms with van der Waals surface area (Å²) in [5, 5.41) is 12.6. The predicted octanol–water partition coefficient (Wildman–Crippen LogP) is 4.97. The second-order valence-electron chi connectivity index (χ2n) is 6.45. The first-order valence-corrected chi connectivity index (χ1v) is 10.9. The van der Waals surface area contributed by atoms with Crippen LogP contribution in [0.2, 0.25) is 0 Å². The highest BCUT2D eigenvalue weighted by molar-refractivity contribution is 9.10. The molecule has 0 atom stereocenters. The van der Waals surface area contributed by atoms with Crippen LogP contribution in [0.5, 0.6) is 11.5 Å². The summed E-state index contributed by atoms with van der Waals surface area (Å²) in [6.07, 6.45) is 1.10. The first-order chi connectivity index (χ1) is 12.6. The van der Waals surface area contributed by atoms with Gasteiger partial charge in [0.25, 0.3) is 0 Å². The van der Waals surface area contributed by atoms with E-state index in [0.717, 1.165) is 28.2 Å². The van der Waals surface area contributed by atoms with Crippen LogP contribution in [-0.4, -0.2) is 26.9 Å². The van der Waals surface area contributed by atoms with Crippen LogP contribution in [0, 0.1) is 13.8 Å². The predicted molar refractivity (Wildman–Crippen MR) is 113 cm³/mol. The van der Waals surface area contributed by atoms with Gasteiger partial charge in [0, 0.05) is 16.7 Å². The molecule has 0 saturated carbocycles. The Morgan fingerprint density at radius 2 is 1.78 bits per heavy atom. The lowest BCUT2D eigenvalue weighted by atomic mass is 9.91. The number of anilines is 1. The molecule has 5 nitrogen and oxygen atoms in total. The van der Waals surface area contributed by atoms with Gasteiger partial charge in [-0.25, -0.2) is 8.42 Å². The molecular formula is C20H20BrNO4S. The Hall–Kier alpha value is -2.25. The molecule has 0 fully saturated rings. The summed E-state index contributed by atoms with van der Waals surface area (Å²) in [6.45, 7) is 3.70. The fourth-order valence-corrected chi connectivity index (χ4v) is 4.44. The molecule has 27 heavy (non-hydrogen) atoms. The van der Waals surface area contributed by atoms with Crippen molar-refractivity contribution >= 4 is 42.4 Å². The molecule has 0 bridgehead atoms. The Morgan fingerprint density at radius 3 is 2.41 bits per heavy atom. The Labute approximate surface area is 167 Å². The van der Waals surface area contributed by atoms with Crippen LogP contribution in [0.25, 0.3) is 21.9 Å². The van der Waals surface area contributed by atoms with E-state index in [9.17, 15) is 13.5 Å². The standard InChI is InChI=1S/C20H20BrNO4S/c1-11-9-16(22-27(4,24)25)17(12(2)20(11)26-3)18-14-8-6-5-7-13(14)10-15(21)19(18)23/h5-10,22-23H,1-4H3. The zero-order valence-corrected chi connectivity index (χ0v) is 17.8. The highest BCUT2D eigenvalue weighted by atomic mass is 79.9. The first kappa shape index (κ1) is 19.5. The van der Waals surface area contributed by atoms with Gasteiger partial charge in [0.1, 0.15) is 11.5 Å². The third-order valence-electron chi connectivity index (χ3n) is 4.43. The summed E-state index contributed by atoms with van der Waals surface area (Å²) in [7, 11) is -1.95. The number of hydrogen-bond donors (Lipinski definition) is 2. The van der Waals surface area contributed by atoms with Crippen molar-refractivity contribution in [2.75, 3.05) is 18.1 Å². The third kappa shape index (κ3) is 3.61. The summed E-state index contributed by atoms with van der Waals surface area (Å²) >= 11 is 3.41. The van der Waals surface area contributed by atoms with Crippen molar-refractivity contribution in [2.45, 2.75) is 13.8 Å². The van der Waals surface area contributed by atoms with Crippen molar-refractivity contribution in [1.82, 2.24) is 0 Å². The van der Waals surface area contributed by atoms with E-state index in [1.165, 1.54) is 0 Å². The zero-order chi connectivity index (χ0) is 19.9. The number of ether oxygens (including phenoxy) is 1.